The van der Waals surface area contributed by atoms with E-state index >= 15 is 0 Å². The molecule has 0 radical (unpaired) electrons. The van der Waals surface area contributed by atoms with Crippen LogP contribution in [0, 0.1) is 0 Å². The van der Waals surface area contributed by atoms with E-state index in [1.807, 2.05) is 12.1 Å². The lowest BCUT2D eigenvalue weighted by atomic mass is 10.1. The first-order valence-electron chi connectivity index (χ1n) is 6.85. The lowest BCUT2D eigenvalue weighted by molar-refractivity contribution is -0.00461. The summed E-state index contributed by atoms with van der Waals surface area (Å²) in [4.78, 5) is 17.6. The number of ether oxygens (including phenoxy) is 2. The first-order chi connectivity index (χ1) is 10.1. The Morgan fingerprint density at radius 2 is 1.95 bits per heavy atom. The number of benzene rings is 1. The van der Waals surface area contributed by atoms with Gasteiger partial charge in [0.15, 0.2) is 0 Å². The summed E-state index contributed by atoms with van der Waals surface area (Å²) in [7, 11) is 3.28. The van der Waals surface area contributed by atoms with E-state index in [0.29, 0.717) is 24.3 Å². The number of nitrogen functional groups attached to an aromatic ring is 1. The van der Waals surface area contributed by atoms with E-state index in [0.717, 1.165) is 10.9 Å². The third-order valence-electron chi connectivity index (χ3n) is 4.04. The Bertz CT molecular complexity index is 655. The molecular formula is C15H19N3O3. The van der Waals surface area contributed by atoms with Crippen molar-refractivity contribution in [2.24, 2.45) is 0 Å². The average Bonchev–Trinajstić information content (AvgIpc) is 3.09. The molecule has 3 N–H and O–H groups in total. The fourth-order valence-electron chi connectivity index (χ4n) is 2.85. The summed E-state index contributed by atoms with van der Waals surface area (Å²) < 4.78 is 10.7. The van der Waals surface area contributed by atoms with Crippen LogP contribution in [0.25, 0.3) is 10.9 Å². The molecule has 1 aromatic heterocycles. The first kappa shape index (κ1) is 13.9. The summed E-state index contributed by atoms with van der Waals surface area (Å²) >= 11 is 0. The van der Waals surface area contributed by atoms with Crippen molar-refractivity contribution in [3.05, 3.63) is 30.0 Å². The van der Waals surface area contributed by atoms with Crippen molar-refractivity contribution in [3.63, 3.8) is 0 Å². The molecule has 6 heteroatoms. The van der Waals surface area contributed by atoms with Gasteiger partial charge in [-0.15, -0.1) is 0 Å². The number of hydrogen-bond donors (Lipinski definition) is 2. The fraction of sp³-hybridized carbons (Fsp3) is 0.400. The van der Waals surface area contributed by atoms with Crippen molar-refractivity contribution < 1.29 is 14.3 Å². The molecule has 0 spiro atoms. The van der Waals surface area contributed by atoms with Crippen LogP contribution in [-0.2, 0) is 9.47 Å². The van der Waals surface area contributed by atoms with Gasteiger partial charge in [-0.1, -0.05) is 0 Å². The van der Waals surface area contributed by atoms with Crippen molar-refractivity contribution in [2.75, 3.05) is 33.0 Å². The summed E-state index contributed by atoms with van der Waals surface area (Å²) in [6, 6.07) is 5.49. The van der Waals surface area contributed by atoms with Crippen molar-refractivity contribution in [2.45, 2.75) is 12.2 Å². The summed E-state index contributed by atoms with van der Waals surface area (Å²) in [5.41, 5.74) is 7.94. The average molecular weight is 289 g/mol. The predicted molar refractivity (Wildman–Crippen MR) is 80.2 cm³/mol. The Hall–Kier alpha value is -2.05. The van der Waals surface area contributed by atoms with Crippen molar-refractivity contribution in [1.29, 1.82) is 0 Å². The number of amides is 1. The Labute approximate surface area is 122 Å². The van der Waals surface area contributed by atoms with Gasteiger partial charge in [0.25, 0.3) is 5.91 Å². The zero-order valence-electron chi connectivity index (χ0n) is 12.1. The molecule has 1 aromatic carbocycles. The third kappa shape index (κ3) is 2.36. The van der Waals surface area contributed by atoms with Gasteiger partial charge in [-0.05, 0) is 18.2 Å². The number of carbonyl (C=O) groups excluding carboxylic acids is 1. The van der Waals surface area contributed by atoms with Crippen LogP contribution in [0.5, 0.6) is 0 Å². The lowest BCUT2D eigenvalue weighted by Gasteiger charge is -2.15. The maximum Gasteiger partial charge on any atom is 0.256 e. The van der Waals surface area contributed by atoms with Crippen molar-refractivity contribution >= 4 is 22.5 Å². The number of carbonyl (C=O) groups is 1. The largest absolute Gasteiger partial charge is 0.399 e. The number of nitrogens with zero attached hydrogens (tertiary/aromatic N) is 1. The minimum Gasteiger partial charge on any atom is -0.399 e. The van der Waals surface area contributed by atoms with Gasteiger partial charge >= 0.3 is 0 Å². The molecule has 1 aliphatic rings. The molecule has 3 rings (SSSR count). The van der Waals surface area contributed by atoms with E-state index in [9.17, 15) is 4.79 Å². The number of nitrogens with one attached hydrogen (secondary N) is 1. The molecule has 1 fully saturated rings. The SMILES string of the molecule is COC1CN(C(=O)c2c[nH]c3cc(N)ccc23)CC1OC. The highest BCUT2D eigenvalue weighted by molar-refractivity contribution is 6.07. The van der Waals surface area contributed by atoms with Crippen LogP contribution in [0.3, 0.4) is 0 Å². The number of rotatable bonds is 3. The van der Waals surface area contributed by atoms with Crippen LogP contribution in [0.4, 0.5) is 5.69 Å². The number of hydrogen-bond acceptors (Lipinski definition) is 4. The molecule has 2 heterocycles. The first-order valence-corrected chi connectivity index (χ1v) is 6.85. The van der Waals surface area contributed by atoms with Crippen molar-refractivity contribution in [1.82, 2.24) is 9.88 Å². The van der Waals surface area contributed by atoms with E-state index in [1.54, 1.807) is 31.4 Å². The Morgan fingerprint density at radius 1 is 1.29 bits per heavy atom. The van der Waals surface area contributed by atoms with Gasteiger partial charge in [0.1, 0.15) is 12.2 Å². The van der Waals surface area contributed by atoms with Gasteiger partial charge in [0.05, 0.1) is 5.56 Å². The fourth-order valence-corrected chi connectivity index (χ4v) is 2.85. The normalized spacial score (nSPS) is 22.1. The number of nitrogens with two attached hydrogens (primary N) is 1. The number of methoxy groups -OCH3 is 2. The number of H-pyrrole nitrogens is 1. The Balaban J connectivity index is 1.88. The van der Waals surface area contributed by atoms with Crippen LogP contribution in [0.2, 0.25) is 0 Å². The topological polar surface area (TPSA) is 80.6 Å². The minimum atomic E-state index is -0.0835. The Kier molecular flexibility index (Phi) is 3.57. The highest BCUT2D eigenvalue weighted by Gasteiger charge is 2.36. The number of likely N-dealkylation sites (tertiary alicyclic amines) is 1. The molecule has 2 aromatic rings. The third-order valence-corrected chi connectivity index (χ3v) is 4.04. The predicted octanol–water partition coefficient (Wildman–Crippen LogP) is 1.24. The van der Waals surface area contributed by atoms with Crippen molar-refractivity contribution in [3.8, 4) is 0 Å². The van der Waals surface area contributed by atoms with Gasteiger partial charge in [0, 0.05) is 50.1 Å². The maximum atomic E-state index is 12.7. The number of anilines is 1. The second-order valence-electron chi connectivity index (χ2n) is 5.27. The summed E-state index contributed by atoms with van der Waals surface area (Å²) in [6.07, 6.45) is 1.56. The summed E-state index contributed by atoms with van der Waals surface area (Å²) in [6.45, 7) is 1.07. The minimum absolute atomic E-state index is 0.0207. The van der Waals surface area contributed by atoms with E-state index in [1.165, 1.54) is 0 Å². The molecule has 0 saturated carbocycles. The molecule has 2 atom stereocenters. The quantitative estimate of drug-likeness (QED) is 0.833. The maximum absolute atomic E-state index is 12.7. The van der Waals surface area contributed by atoms with Crippen LogP contribution in [0.1, 0.15) is 10.4 Å². The second-order valence-corrected chi connectivity index (χ2v) is 5.27. The van der Waals surface area contributed by atoms with Gasteiger partial charge < -0.3 is 25.1 Å². The van der Waals surface area contributed by atoms with Gasteiger partial charge in [-0.3, -0.25) is 4.79 Å². The number of aromatic nitrogens is 1. The van der Waals surface area contributed by atoms with E-state index in [2.05, 4.69) is 4.98 Å². The van der Waals surface area contributed by atoms with E-state index < -0.39 is 0 Å². The molecule has 21 heavy (non-hydrogen) atoms. The Morgan fingerprint density at radius 3 is 2.57 bits per heavy atom. The van der Waals surface area contributed by atoms with Crippen LogP contribution < -0.4 is 5.73 Å². The van der Waals surface area contributed by atoms with Gasteiger partial charge in [-0.25, -0.2) is 0 Å². The summed E-state index contributed by atoms with van der Waals surface area (Å²) in [5.74, 6) is -0.0207. The lowest BCUT2D eigenvalue weighted by Crippen LogP contribution is -2.29. The molecular weight excluding hydrogens is 270 g/mol. The summed E-state index contributed by atoms with van der Waals surface area (Å²) in [5, 5.41) is 0.879. The molecule has 1 amide bonds. The zero-order valence-corrected chi connectivity index (χ0v) is 12.1. The molecule has 1 saturated heterocycles. The highest BCUT2D eigenvalue weighted by atomic mass is 16.5. The van der Waals surface area contributed by atoms with Gasteiger partial charge in [0.2, 0.25) is 0 Å². The van der Waals surface area contributed by atoms with Gasteiger partial charge in [-0.2, -0.15) is 0 Å². The highest BCUT2D eigenvalue weighted by Crippen LogP contribution is 2.24. The number of fused-ring (bicyclic) bond motifs is 1. The van der Waals surface area contributed by atoms with E-state index in [4.69, 9.17) is 15.2 Å². The molecule has 0 bridgehead atoms. The smallest absolute Gasteiger partial charge is 0.256 e. The molecule has 1 aliphatic heterocycles. The molecule has 2 unspecified atom stereocenters. The molecule has 6 nitrogen and oxygen atoms in total. The van der Waals surface area contributed by atoms with Crippen LogP contribution >= 0.6 is 0 Å². The van der Waals surface area contributed by atoms with Crippen LogP contribution in [0.15, 0.2) is 24.4 Å². The van der Waals surface area contributed by atoms with Crippen LogP contribution in [-0.4, -0.2) is 55.3 Å². The number of aromatic amines is 1. The monoisotopic (exact) mass is 289 g/mol. The molecule has 0 aliphatic carbocycles. The second kappa shape index (κ2) is 5.38. The molecule has 112 valence electrons. The standard InChI is InChI=1S/C15H19N3O3/c1-20-13-7-18(8-14(13)21-2)15(19)11-6-17-12-5-9(16)3-4-10(11)12/h3-6,13-14,17H,7-8,16H2,1-2H3. The van der Waals surface area contributed by atoms with E-state index in [-0.39, 0.29) is 18.1 Å². The zero-order chi connectivity index (χ0) is 15.0.